The minimum Gasteiger partial charge on any atom is -0.409 e. The molecule has 1 saturated carbocycles. The van der Waals surface area contributed by atoms with Gasteiger partial charge >= 0.3 is 0 Å². The van der Waals surface area contributed by atoms with Crippen molar-refractivity contribution in [3.8, 4) is 0 Å². The van der Waals surface area contributed by atoms with Crippen molar-refractivity contribution in [3.05, 3.63) is 17.5 Å². The summed E-state index contributed by atoms with van der Waals surface area (Å²) < 4.78 is 4.91. The summed E-state index contributed by atoms with van der Waals surface area (Å²) in [6.45, 7) is 3.87. The Morgan fingerprint density at radius 3 is 2.76 bits per heavy atom. The number of rotatable bonds is 4. The molecule has 1 fully saturated rings. The monoisotopic (exact) mass is 294 g/mol. The van der Waals surface area contributed by atoms with Gasteiger partial charge in [-0.3, -0.25) is 4.79 Å². The van der Waals surface area contributed by atoms with Gasteiger partial charge in [-0.2, -0.15) is 0 Å². The Kier molecular flexibility index (Phi) is 4.50. The topological polar surface area (TPSA) is 114 Å². The van der Waals surface area contributed by atoms with Gasteiger partial charge in [0.05, 0.1) is 0 Å². The number of oxime groups is 1. The fourth-order valence-corrected chi connectivity index (χ4v) is 2.87. The van der Waals surface area contributed by atoms with E-state index in [1.165, 1.54) is 0 Å². The second-order valence-corrected chi connectivity index (χ2v) is 5.70. The van der Waals surface area contributed by atoms with Gasteiger partial charge < -0.3 is 20.8 Å². The number of amides is 1. The molecule has 0 bridgehead atoms. The molecular weight excluding hydrogens is 272 g/mol. The molecule has 116 valence electrons. The lowest BCUT2D eigenvalue weighted by molar-refractivity contribution is 0.0885. The minimum absolute atomic E-state index is 0.0469. The summed E-state index contributed by atoms with van der Waals surface area (Å²) in [5.41, 5.74) is 5.25. The third-order valence-electron chi connectivity index (χ3n) is 4.35. The fourth-order valence-electron chi connectivity index (χ4n) is 2.87. The molecule has 1 amide bonds. The zero-order valence-corrected chi connectivity index (χ0v) is 12.4. The summed E-state index contributed by atoms with van der Waals surface area (Å²) in [5.74, 6) is 0.863. The number of amidine groups is 1. The van der Waals surface area contributed by atoms with Crippen molar-refractivity contribution >= 4 is 11.7 Å². The number of nitrogens with two attached hydrogens (primary N) is 1. The molecule has 1 aromatic rings. The van der Waals surface area contributed by atoms with Gasteiger partial charge in [-0.1, -0.05) is 23.7 Å². The Morgan fingerprint density at radius 2 is 2.29 bits per heavy atom. The quantitative estimate of drug-likeness (QED) is 0.339. The molecule has 0 saturated heterocycles. The van der Waals surface area contributed by atoms with Gasteiger partial charge in [0.15, 0.2) is 11.5 Å². The molecule has 21 heavy (non-hydrogen) atoms. The Balaban J connectivity index is 2.16. The first kappa shape index (κ1) is 15.3. The van der Waals surface area contributed by atoms with Gasteiger partial charge in [-0.05, 0) is 38.5 Å². The van der Waals surface area contributed by atoms with Crippen LogP contribution in [0.15, 0.2) is 15.7 Å². The molecular formula is C14H22N4O3. The summed E-state index contributed by atoms with van der Waals surface area (Å²) in [4.78, 5) is 12.3. The summed E-state index contributed by atoms with van der Waals surface area (Å²) >= 11 is 0. The number of nitrogens with one attached hydrogen (secondary N) is 1. The van der Waals surface area contributed by atoms with E-state index in [0.717, 1.165) is 19.3 Å². The molecule has 7 heteroatoms. The smallest absolute Gasteiger partial charge is 0.274 e. The zero-order chi connectivity index (χ0) is 15.5. The first-order valence-corrected chi connectivity index (χ1v) is 7.24. The SMILES string of the molecule is CCC1CCC(NC(=O)c2cc(C)on2)(C(N)=NO)CC1. The van der Waals surface area contributed by atoms with Gasteiger partial charge in [-0.15, -0.1) is 0 Å². The van der Waals surface area contributed by atoms with Crippen LogP contribution in [0.4, 0.5) is 0 Å². The van der Waals surface area contributed by atoms with Crippen molar-refractivity contribution in [1.82, 2.24) is 10.5 Å². The molecule has 1 aliphatic carbocycles. The number of aromatic nitrogens is 1. The molecule has 4 N–H and O–H groups in total. The zero-order valence-electron chi connectivity index (χ0n) is 12.4. The molecule has 0 aliphatic heterocycles. The molecule has 1 aliphatic rings. The standard InChI is InChI=1S/C14H22N4O3/c1-3-10-4-6-14(7-5-10,13(15)17-20)16-12(19)11-8-9(2)21-18-11/h8,10,20H,3-7H2,1-2H3,(H2,15,17)(H,16,19). The van der Waals surface area contributed by atoms with Crippen molar-refractivity contribution in [2.75, 3.05) is 0 Å². The van der Waals surface area contributed by atoms with Crippen molar-refractivity contribution in [1.29, 1.82) is 0 Å². The van der Waals surface area contributed by atoms with Crippen LogP contribution in [-0.2, 0) is 0 Å². The van der Waals surface area contributed by atoms with E-state index in [9.17, 15) is 4.79 Å². The van der Waals surface area contributed by atoms with E-state index < -0.39 is 5.54 Å². The normalized spacial score (nSPS) is 26.6. The molecule has 0 spiro atoms. The van der Waals surface area contributed by atoms with E-state index in [2.05, 4.69) is 22.6 Å². The molecule has 7 nitrogen and oxygen atoms in total. The van der Waals surface area contributed by atoms with Crippen LogP contribution < -0.4 is 11.1 Å². The number of nitrogens with zero attached hydrogens (tertiary/aromatic N) is 2. The second kappa shape index (κ2) is 6.15. The Hall–Kier alpha value is -2.05. The summed E-state index contributed by atoms with van der Waals surface area (Å²) in [6.07, 6.45) is 4.28. The third kappa shape index (κ3) is 3.17. The molecule has 0 radical (unpaired) electrons. The van der Waals surface area contributed by atoms with Crippen LogP contribution >= 0.6 is 0 Å². The highest BCUT2D eigenvalue weighted by atomic mass is 16.5. The number of aryl methyl sites for hydroxylation is 1. The van der Waals surface area contributed by atoms with Crippen LogP contribution in [0.1, 0.15) is 55.3 Å². The van der Waals surface area contributed by atoms with Crippen molar-refractivity contribution in [2.24, 2.45) is 16.8 Å². The summed E-state index contributed by atoms with van der Waals surface area (Å²) in [6, 6.07) is 1.56. The Morgan fingerprint density at radius 1 is 1.62 bits per heavy atom. The van der Waals surface area contributed by atoms with Crippen LogP contribution in [0.2, 0.25) is 0 Å². The predicted molar refractivity (Wildman–Crippen MR) is 77.1 cm³/mol. The van der Waals surface area contributed by atoms with Crippen LogP contribution in [0.25, 0.3) is 0 Å². The van der Waals surface area contributed by atoms with Crippen molar-refractivity contribution in [3.63, 3.8) is 0 Å². The average Bonchev–Trinajstić information content (AvgIpc) is 2.93. The van der Waals surface area contributed by atoms with E-state index in [1.54, 1.807) is 13.0 Å². The van der Waals surface area contributed by atoms with Crippen molar-refractivity contribution in [2.45, 2.75) is 51.5 Å². The first-order valence-electron chi connectivity index (χ1n) is 7.24. The highest BCUT2D eigenvalue weighted by molar-refractivity contribution is 5.99. The van der Waals surface area contributed by atoms with Crippen LogP contribution in [0, 0.1) is 12.8 Å². The van der Waals surface area contributed by atoms with E-state index in [-0.39, 0.29) is 17.4 Å². The van der Waals surface area contributed by atoms with Crippen LogP contribution in [0.3, 0.4) is 0 Å². The van der Waals surface area contributed by atoms with E-state index in [1.807, 2.05) is 0 Å². The van der Waals surface area contributed by atoms with Crippen molar-refractivity contribution < 1.29 is 14.5 Å². The lowest BCUT2D eigenvalue weighted by atomic mass is 9.75. The molecule has 0 atom stereocenters. The summed E-state index contributed by atoms with van der Waals surface area (Å²) in [5, 5.41) is 18.7. The molecule has 2 rings (SSSR count). The third-order valence-corrected chi connectivity index (χ3v) is 4.35. The maximum Gasteiger partial charge on any atom is 0.274 e. The van der Waals surface area contributed by atoms with Gasteiger partial charge in [-0.25, -0.2) is 0 Å². The highest BCUT2D eigenvalue weighted by Gasteiger charge is 2.40. The van der Waals surface area contributed by atoms with E-state index in [4.69, 9.17) is 15.5 Å². The number of carbonyl (C=O) groups excluding carboxylic acids is 1. The van der Waals surface area contributed by atoms with Crippen LogP contribution in [0.5, 0.6) is 0 Å². The number of hydrogen-bond donors (Lipinski definition) is 3. The molecule has 0 unspecified atom stereocenters. The maximum atomic E-state index is 12.3. The van der Waals surface area contributed by atoms with E-state index in [0.29, 0.717) is 24.5 Å². The molecule has 1 heterocycles. The Bertz CT molecular complexity index is 530. The predicted octanol–water partition coefficient (Wildman–Crippen LogP) is 1.80. The number of hydrogen-bond acceptors (Lipinski definition) is 5. The highest BCUT2D eigenvalue weighted by Crippen LogP contribution is 2.34. The molecule has 0 aromatic carbocycles. The Labute approximate surface area is 123 Å². The minimum atomic E-state index is -0.801. The largest absolute Gasteiger partial charge is 0.409 e. The lowest BCUT2D eigenvalue weighted by Gasteiger charge is -2.39. The maximum absolute atomic E-state index is 12.3. The van der Waals surface area contributed by atoms with Gasteiger partial charge in [0.1, 0.15) is 11.3 Å². The van der Waals surface area contributed by atoms with Gasteiger partial charge in [0, 0.05) is 6.07 Å². The lowest BCUT2D eigenvalue weighted by Crippen LogP contribution is -2.59. The average molecular weight is 294 g/mol. The van der Waals surface area contributed by atoms with Gasteiger partial charge in [0.2, 0.25) is 0 Å². The second-order valence-electron chi connectivity index (χ2n) is 5.70. The van der Waals surface area contributed by atoms with E-state index >= 15 is 0 Å². The van der Waals surface area contributed by atoms with Gasteiger partial charge in [0.25, 0.3) is 5.91 Å². The summed E-state index contributed by atoms with van der Waals surface area (Å²) in [7, 11) is 0. The fraction of sp³-hybridized carbons (Fsp3) is 0.643. The first-order chi connectivity index (χ1) is 10.0. The van der Waals surface area contributed by atoms with Crippen LogP contribution in [-0.4, -0.2) is 27.6 Å². The number of carbonyl (C=O) groups is 1. The molecule has 1 aromatic heterocycles.